The molecule has 0 atom stereocenters. The summed E-state index contributed by atoms with van der Waals surface area (Å²) in [6, 6.07) is 20.1. The van der Waals surface area contributed by atoms with Crippen molar-refractivity contribution in [1.29, 1.82) is 5.26 Å². The molecule has 0 saturated heterocycles. The molecule has 0 aliphatic carbocycles. The van der Waals surface area contributed by atoms with E-state index in [4.69, 9.17) is 0 Å². The Morgan fingerprint density at radius 1 is 0.875 bits per heavy atom. The number of para-hydroxylation sites is 2. The van der Waals surface area contributed by atoms with E-state index >= 15 is 0 Å². The molecule has 2 heterocycles. The number of hydrogen-bond acceptors (Lipinski definition) is 5. The minimum Gasteiger partial charge on any atom is -0.280 e. The van der Waals surface area contributed by atoms with Gasteiger partial charge in [0.25, 0.3) is 13.0 Å². The minimum absolute atomic E-state index is 0.0297. The summed E-state index contributed by atoms with van der Waals surface area (Å²) in [5.74, 6) is 0. The summed E-state index contributed by atoms with van der Waals surface area (Å²) >= 11 is 0. The van der Waals surface area contributed by atoms with Crippen LogP contribution in [0.3, 0.4) is 0 Å². The molecule has 0 saturated carbocycles. The summed E-state index contributed by atoms with van der Waals surface area (Å²) < 4.78 is 20.0. The van der Waals surface area contributed by atoms with E-state index in [0.29, 0.717) is 11.4 Å². The fourth-order valence-electron chi connectivity index (χ4n) is 3.58. The van der Waals surface area contributed by atoms with Crippen LogP contribution in [-0.4, -0.2) is 56.9 Å². The standard InChI is InChI=1S/C22H22N7O2P/c1-26(2)32(31,27(3)4)22-24-19-18(15-23)29(17-13-9-6-10-14-17)25-20(19)21(30)28(22)16-11-7-5-8-12-16/h5-14H,1-4H3. The summed E-state index contributed by atoms with van der Waals surface area (Å²) in [5, 5.41) is 14.3. The molecule has 0 fully saturated rings. The van der Waals surface area contributed by atoms with Gasteiger partial charge in [-0.25, -0.2) is 19.0 Å². The number of nitrogens with zero attached hydrogens (tertiary/aromatic N) is 7. The van der Waals surface area contributed by atoms with Gasteiger partial charge in [0.2, 0.25) is 5.57 Å². The molecule has 162 valence electrons. The topological polar surface area (TPSA) is 100 Å². The number of fused-ring (bicyclic) bond motifs is 1. The van der Waals surface area contributed by atoms with Gasteiger partial charge in [0.05, 0.1) is 11.4 Å². The van der Waals surface area contributed by atoms with Gasteiger partial charge in [0.15, 0.2) is 11.2 Å². The summed E-state index contributed by atoms with van der Waals surface area (Å²) in [6.45, 7) is 0. The maximum atomic E-state index is 14.2. The van der Waals surface area contributed by atoms with Crippen molar-refractivity contribution in [3.8, 4) is 17.4 Å². The van der Waals surface area contributed by atoms with E-state index in [1.807, 2.05) is 24.3 Å². The molecule has 0 spiro atoms. The van der Waals surface area contributed by atoms with Crippen molar-refractivity contribution < 1.29 is 4.57 Å². The molecule has 0 amide bonds. The predicted octanol–water partition coefficient (Wildman–Crippen LogP) is 2.38. The lowest BCUT2D eigenvalue weighted by molar-refractivity contribution is 0.457. The number of nitriles is 1. The zero-order chi connectivity index (χ0) is 23.0. The Bertz CT molecular complexity index is 1420. The van der Waals surface area contributed by atoms with Crippen LogP contribution in [0.1, 0.15) is 5.69 Å². The highest BCUT2D eigenvalue weighted by Crippen LogP contribution is 2.47. The first-order chi connectivity index (χ1) is 15.3. The molecule has 0 unspecified atom stereocenters. The van der Waals surface area contributed by atoms with Gasteiger partial charge >= 0.3 is 0 Å². The van der Waals surface area contributed by atoms with Gasteiger partial charge in [0.1, 0.15) is 11.6 Å². The Morgan fingerprint density at radius 2 is 1.41 bits per heavy atom. The molecule has 9 nitrogen and oxygen atoms in total. The van der Waals surface area contributed by atoms with Gasteiger partial charge in [-0.1, -0.05) is 36.4 Å². The Morgan fingerprint density at radius 3 is 1.91 bits per heavy atom. The first kappa shape index (κ1) is 21.7. The summed E-state index contributed by atoms with van der Waals surface area (Å²) in [4.78, 5) is 18.4. The second-order valence-electron chi connectivity index (χ2n) is 7.53. The molecule has 0 N–H and O–H groups in total. The monoisotopic (exact) mass is 447 g/mol. The molecule has 10 heteroatoms. The number of benzene rings is 2. The summed E-state index contributed by atoms with van der Waals surface area (Å²) in [6.07, 6.45) is 0. The minimum atomic E-state index is -3.47. The van der Waals surface area contributed by atoms with Gasteiger partial charge < -0.3 is 0 Å². The number of rotatable bonds is 5. The summed E-state index contributed by atoms with van der Waals surface area (Å²) in [5.41, 5.74) is 0.950. The van der Waals surface area contributed by atoms with Gasteiger partial charge in [-0.05, 0) is 52.5 Å². The van der Waals surface area contributed by atoms with Crippen LogP contribution >= 0.6 is 7.44 Å². The Labute approximate surface area is 185 Å². The van der Waals surface area contributed by atoms with Gasteiger partial charge in [-0.2, -0.15) is 10.4 Å². The van der Waals surface area contributed by atoms with Crippen molar-refractivity contribution >= 4 is 24.0 Å². The number of hydrogen-bond donors (Lipinski definition) is 0. The third-order valence-corrected chi connectivity index (χ3v) is 8.13. The average molecular weight is 447 g/mol. The number of aromatic nitrogens is 4. The van der Waals surface area contributed by atoms with E-state index in [-0.39, 0.29) is 22.3 Å². The molecule has 0 aliphatic rings. The molecule has 0 bridgehead atoms. The van der Waals surface area contributed by atoms with E-state index in [2.05, 4.69) is 16.2 Å². The van der Waals surface area contributed by atoms with Crippen molar-refractivity contribution in [3.05, 3.63) is 76.7 Å². The SMILES string of the molecule is CN(C)P(=O)(c1nc2c(C#N)n(-c3ccccc3)nc2c(=O)n1-c1ccccc1)N(C)C. The molecule has 2 aromatic heterocycles. The van der Waals surface area contributed by atoms with E-state index in [0.717, 1.165) is 0 Å². The van der Waals surface area contributed by atoms with Crippen molar-refractivity contribution in [2.24, 2.45) is 0 Å². The highest BCUT2D eigenvalue weighted by Gasteiger charge is 2.37. The molecule has 2 aromatic carbocycles. The van der Waals surface area contributed by atoms with E-state index < -0.39 is 13.0 Å². The highest BCUT2D eigenvalue weighted by atomic mass is 31.2. The van der Waals surface area contributed by atoms with E-state index in [9.17, 15) is 14.6 Å². The molecular weight excluding hydrogens is 425 g/mol. The van der Waals surface area contributed by atoms with Crippen molar-refractivity contribution in [3.63, 3.8) is 0 Å². The first-order valence-electron chi connectivity index (χ1n) is 9.83. The Balaban J connectivity index is 2.19. The largest absolute Gasteiger partial charge is 0.287 e. The van der Waals surface area contributed by atoms with Crippen LogP contribution < -0.4 is 11.1 Å². The van der Waals surface area contributed by atoms with Crippen LogP contribution in [0.15, 0.2) is 65.5 Å². The molecule has 32 heavy (non-hydrogen) atoms. The van der Waals surface area contributed by atoms with Crippen molar-refractivity contribution in [2.45, 2.75) is 0 Å². The third-order valence-electron chi connectivity index (χ3n) is 5.14. The second-order valence-corrected chi connectivity index (χ2v) is 10.6. The van der Waals surface area contributed by atoms with E-state index in [1.165, 1.54) is 9.25 Å². The Hall–Kier alpha value is -3.57. The quantitative estimate of drug-likeness (QED) is 0.433. The third kappa shape index (κ3) is 3.26. The van der Waals surface area contributed by atoms with Crippen molar-refractivity contribution in [1.82, 2.24) is 28.7 Å². The Kier molecular flexibility index (Phi) is 5.53. The first-order valence-corrected chi connectivity index (χ1v) is 11.4. The van der Waals surface area contributed by atoms with E-state index in [1.54, 1.807) is 73.9 Å². The fraction of sp³-hybridized carbons (Fsp3) is 0.182. The lowest BCUT2D eigenvalue weighted by atomic mass is 10.3. The zero-order valence-corrected chi connectivity index (χ0v) is 19.1. The van der Waals surface area contributed by atoms with Gasteiger partial charge in [-0.15, -0.1) is 0 Å². The van der Waals surface area contributed by atoms with Crippen LogP contribution in [0.25, 0.3) is 22.4 Å². The molecule has 0 aliphatic heterocycles. The average Bonchev–Trinajstić information content (AvgIpc) is 3.18. The van der Waals surface area contributed by atoms with Crippen LogP contribution in [0.5, 0.6) is 0 Å². The normalized spacial score (nSPS) is 11.9. The maximum Gasteiger partial charge on any atom is 0.287 e. The lowest BCUT2D eigenvalue weighted by Gasteiger charge is -2.31. The van der Waals surface area contributed by atoms with Gasteiger partial charge in [0, 0.05) is 0 Å². The van der Waals surface area contributed by atoms with Crippen LogP contribution in [-0.2, 0) is 4.57 Å². The van der Waals surface area contributed by atoms with Crippen LogP contribution in [0.4, 0.5) is 0 Å². The van der Waals surface area contributed by atoms with Crippen molar-refractivity contribution in [2.75, 3.05) is 28.2 Å². The smallest absolute Gasteiger partial charge is 0.280 e. The van der Waals surface area contributed by atoms with Crippen LogP contribution in [0, 0.1) is 11.3 Å². The molecule has 4 aromatic rings. The molecule has 4 rings (SSSR count). The fourth-order valence-corrected chi connectivity index (χ4v) is 5.71. The molecular formula is C22H22N7O2P. The zero-order valence-electron chi connectivity index (χ0n) is 18.2. The van der Waals surface area contributed by atoms with Gasteiger partial charge in [-0.3, -0.25) is 13.9 Å². The maximum absolute atomic E-state index is 14.2. The second kappa shape index (κ2) is 8.17. The summed E-state index contributed by atoms with van der Waals surface area (Å²) in [7, 11) is 3.22. The van der Waals surface area contributed by atoms with Crippen LogP contribution in [0.2, 0.25) is 0 Å². The highest BCUT2D eigenvalue weighted by molar-refractivity contribution is 7.66. The lowest BCUT2D eigenvalue weighted by Crippen LogP contribution is -2.41. The predicted molar refractivity (Wildman–Crippen MR) is 124 cm³/mol. The molecule has 0 radical (unpaired) electrons.